The third kappa shape index (κ3) is 5.09. The van der Waals surface area contributed by atoms with Crippen molar-refractivity contribution < 1.29 is 19.6 Å². The second kappa shape index (κ2) is 7.83. The lowest BCUT2D eigenvalue weighted by molar-refractivity contribution is -0.384. The molecule has 21 heavy (non-hydrogen) atoms. The van der Waals surface area contributed by atoms with Gasteiger partial charge in [0.2, 0.25) is 5.91 Å². The van der Waals surface area contributed by atoms with E-state index in [9.17, 15) is 19.7 Å². The number of amides is 1. The number of anilines is 1. The number of nitro benzene ring substituents is 1. The van der Waals surface area contributed by atoms with Crippen LogP contribution in [0.2, 0.25) is 0 Å². The molecule has 0 bridgehead atoms. The van der Waals surface area contributed by atoms with Gasteiger partial charge in [-0.25, -0.2) is 4.79 Å². The van der Waals surface area contributed by atoms with E-state index >= 15 is 0 Å². The number of carbonyl (C=O) groups is 2. The fourth-order valence-electron chi connectivity index (χ4n) is 1.63. The van der Waals surface area contributed by atoms with Crippen molar-refractivity contribution in [3.8, 4) is 0 Å². The van der Waals surface area contributed by atoms with Crippen molar-refractivity contribution in [2.24, 2.45) is 0 Å². The maximum absolute atomic E-state index is 11.4. The topological polar surface area (TPSA) is 122 Å². The van der Waals surface area contributed by atoms with Crippen LogP contribution in [0.3, 0.4) is 0 Å². The first kappa shape index (κ1) is 16.4. The Balaban J connectivity index is 2.68. The van der Waals surface area contributed by atoms with Gasteiger partial charge in [-0.1, -0.05) is 6.92 Å². The predicted octanol–water partition coefficient (Wildman–Crippen LogP) is 1.62. The van der Waals surface area contributed by atoms with Crippen LogP contribution in [0.4, 0.5) is 11.4 Å². The van der Waals surface area contributed by atoms with E-state index in [1.165, 1.54) is 12.1 Å². The average Bonchev–Trinajstić information content (AvgIpc) is 2.44. The normalized spacial score (nSPS) is 9.95. The molecule has 0 saturated heterocycles. The number of hydrogen-bond acceptors (Lipinski definition) is 5. The fourth-order valence-corrected chi connectivity index (χ4v) is 1.63. The Morgan fingerprint density at radius 3 is 2.62 bits per heavy atom. The van der Waals surface area contributed by atoms with E-state index in [-0.39, 0.29) is 35.8 Å². The molecule has 1 aromatic rings. The van der Waals surface area contributed by atoms with Gasteiger partial charge in [0, 0.05) is 25.6 Å². The summed E-state index contributed by atoms with van der Waals surface area (Å²) >= 11 is 0. The first-order chi connectivity index (χ1) is 9.95. The minimum absolute atomic E-state index is 0.144. The number of nitrogens with zero attached hydrogens (tertiary/aromatic N) is 1. The second-order valence-corrected chi connectivity index (χ2v) is 4.32. The van der Waals surface area contributed by atoms with E-state index in [4.69, 9.17) is 5.11 Å². The molecule has 0 radical (unpaired) electrons. The molecule has 0 aromatic heterocycles. The lowest BCUT2D eigenvalue weighted by Gasteiger charge is -2.08. The summed E-state index contributed by atoms with van der Waals surface area (Å²) in [6, 6.07) is 3.59. The smallest absolute Gasteiger partial charge is 0.335 e. The standard InChI is InChI=1S/C13H17N3O5/c1-2-6-15-12(17)5-7-14-10-4-3-9(13(18)19)8-11(10)16(20)21/h3-4,8,14H,2,5-7H2,1H3,(H,15,17)(H,18,19). The molecule has 114 valence electrons. The van der Waals surface area contributed by atoms with Crippen LogP contribution in [0.15, 0.2) is 18.2 Å². The van der Waals surface area contributed by atoms with Gasteiger partial charge in [-0.15, -0.1) is 0 Å². The molecule has 1 amide bonds. The quantitative estimate of drug-likeness (QED) is 0.495. The van der Waals surface area contributed by atoms with Crippen LogP contribution in [0.5, 0.6) is 0 Å². The summed E-state index contributed by atoms with van der Waals surface area (Å²) < 4.78 is 0. The zero-order chi connectivity index (χ0) is 15.8. The number of benzene rings is 1. The molecule has 0 fully saturated rings. The van der Waals surface area contributed by atoms with Gasteiger partial charge < -0.3 is 15.7 Å². The maximum atomic E-state index is 11.4. The first-order valence-corrected chi connectivity index (χ1v) is 6.48. The summed E-state index contributed by atoms with van der Waals surface area (Å²) in [5, 5.41) is 25.2. The summed E-state index contributed by atoms with van der Waals surface area (Å²) in [4.78, 5) is 32.5. The zero-order valence-electron chi connectivity index (χ0n) is 11.6. The number of hydrogen-bond donors (Lipinski definition) is 3. The van der Waals surface area contributed by atoms with Crippen molar-refractivity contribution in [1.82, 2.24) is 5.32 Å². The highest BCUT2D eigenvalue weighted by atomic mass is 16.6. The van der Waals surface area contributed by atoms with Crippen molar-refractivity contribution in [3.63, 3.8) is 0 Å². The van der Waals surface area contributed by atoms with E-state index in [0.717, 1.165) is 12.5 Å². The van der Waals surface area contributed by atoms with Crippen LogP contribution >= 0.6 is 0 Å². The van der Waals surface area contributed by atoms with E-state index in [2.05, 4.69) is 10.6 Å². The van der Waals surface area contributed by atoms with Crippen molar-refractivity contribution in [1.29, 1.82) is 0 Å². The molecule has 0 atom stereocenters. The van der Waals surface area contributed by atoms with Crippen molar-refractivity contribution >= 4 is 23.3 Å². The number of aromatic carboxylic acids is 1. The lowest BCUT2D eigenvalue weighted by Crippen LogP contribution is -2.25. The minimum Gasteiger partial charge on any atom is -0.478 e. The average molecular weight is 295 g/mol. The molecule has 0 saturated carbocycles. The fraction of sp³-hybridized carbons (Fsp3) is 0.385. The Hall–Kier alpha value is -2.64. The number of carbonyl (C=O) groups excluding carboxylic acids is 1. The Kier molecular flexibility index (Phi) is 6.12. The number of carboxylic acid groups (broad SMARTS) is 1. The second-order valence-electron chi connectivity index (χ2n) is 4.32. The molecule has 8 heteroatoms. The third-order valence-electron chi connectivity index (χ3n) is 2.68. The largest absolute Gasteiger partial charge is 0.478 e. The summed E-state index contributed by atoms with van der Waals surface area (Å²) in [5.41, 5.74) is -0.301. The van der Waals surface area contributed by atoms with Crippen LogP contribution < -0.4 is 10.6 Å². The van der Waals surface area contributed by atoms with Gasteiger partial charge >= 0.3 is 5.97 Å². The molecule has 0 aliphatic rings. The number of rotatable bonds is 8. The van der Waals surface area contributed by atoms with Crippen LogP contribution in [-0.4, -0.2) is 35.0 Å². The van der Waals surface area contributed by atoms with Gasteiger partial charge in [-0.3, -0.25) is 14.9 Å². The molecule has 0 heterocycles. The van der Waals surface area contributed by atoms with Gasteiger partial charge in [-0.05, 0) is 18.6 Å². The monoisotopic (exact) mass is 295 g/mol. The van der Waals surface area contributed by atoms with Crippen LogP contribution in [-0.2, 0) is 4.79 Å². The maximum Gasteiger partial charge on any atom is 0.335 e. The zero-order valence-corrected chi connectivity index (χ0v) is 11.6. The van der Waals surface area contributed by atoms with Crippen LogP contribution in [0, 0.1) is 10.1 Å². The molecule has 1 rings (SSSR count). The van der Waals surface area contributed by atoms with Crippen LogP contribution in [0.25, 0.3) is 0 Å². The van der Waals surface area contributed by atoms with E-state index < -0.39 is 10.9 Å². The van der Waals surface area contributed by atoms with Gasteiger partial charge in [-0.2, -0.15) is 0 Å². The summed E-state index contributed by atoms with van der Waals surface area (Å²) in [7, 11) is 0. The molecule has 3 N–H and O–H groups in total. The molecule has 0 aliphatic heterocycles. The number of nitro groups is 1. The highest BCUT2D eigenvalue weighted by molar-refractivity contribution is 5.89. The Bertz CT molecular complexity index is 545. The predicted molar refractivity (Wildman–Crippen MR) is 76.5 cm³/mol. The third-order valence-corrected chi connectivity index (χ3v) is 2.68. The molecule has 0 spiro atoms. The lowest BCUT2D eigenvalue weighted by atomic mass is 10.1. The number of nitrogens with one attached hydrogen (secondary N) is 2. The highest BCUT2D eigenvalue weighted by Gasteiger charge is 2.17. The molecule has 0 aliphatic carbocycles. The first-order valence-electron chi connectivity index (χ1n) is 6.48. The SMILES string of the molecule is CCCNC(=O)CCNc1ccc(C(=O)O)cc1[N+](=O)[O-]. The van der Waals surface area contributed by atoms with Gasteiger partial charge in [0.15, 0.2) is 0 Å². The van der Waals surface area contributed by atoms with Crippen LogP contribution in [0.1, 0.15) is 30.1 Å². The summed E-state index contributed by atoms with van der Waals surface area (Å²) in [5.74, 6) is -1.38. The molecule has 0 unspecified atom stereocenters. The molecular weight excluding hydrogens is 278 g/mol. The number of carboxylic acids is 1. The molecule has 8 nitrogen and oxygen atoms in total. The Labute approximate surface area is 121 Å². The van der Waals surface area contributed by atoms with E-state index in [0.29, 0.717) is 6.54 Å². The summed E-state index contributed by atoms with van der Waals surface area (Å²) in [6.07, 6.45) is 1.01. The minimum atomic E-state index is -1.23. The van der Waals surface area contributed by atoms with Gasteiger partial charge in [0.05, 0.1) is 10.5 Å². The van der Waals surface area contributed by atoms with E-state index in [1.54, 1.807) is 0 Å². The van der Waals surface area contributed by atoms with Crippen molar-refractivity contribution in [3.05, 3.63) is 33.9 Å². The highest BCUT2D eigenvalue weighted by Crippen LogP contribution is 2.25. The van der Waals surface area contributed by atoms with Gasteiger partial charge in [0.25, 0.3) is 5.69 Å². The Morgan fingerprint density at radius 2 is 2.05 bits per heavy atom. The van der Waals surface area contributed by atoms with Crippen molar-refractivity contribution in [2.75, 3.05) is 18.4 Å². The summed E-state index contributed by atoms with van der Waals surface area (Å²) in [6.45, 7) is 2.75. The van der Waals surface area contributed by atoms with E-state index in [1.807, 2.05) is 6.92 Å². The molecule has 1 aromatic carbocycles. The van der Waals surface area contributed by atoms with Gasteiger partial charge in [0.1, 0.15) is 5.69 Å². The molecular formula is C13H17N3O5. The Morgan fingerprint density at radius 1 is 1.33 bits per heavy atom. The van der Waals surface area contributed by atoms with Crippen molar-refractivity contribution in [2.45, 2.75) is 19.8 Å².